The van der Waals surface area contributed by atoms with Gasteiger partial charge >= 0.3 is 5.97 Å². The Balaban J connectivity index is 2.07. The number of nitrogens with two attached hydrogens (primary N) is 1. The molecule has 0 bridgehead atoms. The van der Waals surface area contributed by atoms with E-state index in [2.05, 4.69) is 9.72 Å². The lowest BCUT2D eigenvalue weighted by atomic mass is 10.1. The quantitative estimate of drug-likeness (QED) is 0.532. The van der Waals surface area contributed by atoms with Gasteiger partial charge in [-0.3, -0.25) is 0 Å². The summed E-state index contributed by atoms with van der Waals surface area (Å²) in [5.41, 5.74) is 6.28. The third kappa shape index (κ3) is 1.83. The molecule has 0 fully saturated rings. The number of carbonyl (C=O) groups is 1. The molecule has 0 aliphatic carbocycles. The molecule has 0 radical (unpaired) electrons. The lowest BCUT2D eigenvalue weighted by Gasteiger charge is -2.20. The lowest BCUT2D eigenvalue weighted by molar-refractivity contribution is 0.0601. The molecule has 2 N–H and O–H groups in total. The Morgan fingerprint density at radius 3 is 2.84 bits per heavy atom. The predicted molar refractivity (Wildman–Crippen MR) is 66.6 cm³/mol. The number of fused-ring (bicyclic) bond motifs is 2. The summed E-state index contributed by atoms with van der Waals surface area (Å²) in [6, 6.07) is 6.47. The largest absolute Gasteiger partial charge is 0.465 e. The number of benzene rings is 1. The van der Waals surface area contributed by atoms with Crippen molar-refractivity contribution in [2.45, 2.75) is 0 Å². The Labute approximate surface area is 108 Å². The molecule has 1 aliphatic heterocycles. The topological polar surface area (TPSA) is 83.7 Å². The monoisotopic (exact) mass is 258 g/mol. The van der Waals surface area contributed by atoms with Crippen LogP contribution in [0, 0.1) is 0 Å². The summed E-state index contributed by atoms with van der Waals surface area (Å²) < 4.78 is 15.8. The number of hydrogen-bond acceptors (Lipinski definition) is 6. The van der Waals surface area contributed by atoms with Gasteiger partial charge in [0.05, 0.1) is 18.4 Å². The molecule has 0 saturated carbocycles. The first-order chi connectivity index (χ1) is 9.19. The van der Waals surface area contributed by atoms with Gasteiger partial charge in [0.25, 0.3) is 5.88 Å². The van der Waals surface area contributed by atoms with E-state index in [4.69, 9.17) is 15.2 Å². The molecule has 0 atom stereocenters. The summed E-state index contributed by atoms with van der Waals surface area (Å²) in [7, 11) is 1.29. The number of hydrogen-bond donors (Lipinski definition) is 1. The Morgan fingerprint density at radius 2 is 2.05 bits per heavy atom. The molecule has 0 unspecified atom stereocenters. The van der Waals surface area contributed by atoms with E-state index < -0.39 is 5.97 Å². The van der Waals surface area contributed by atoms with Crippen molar-refractivity contribution < 1.29 is 19.0 Å². The smallest absolute Gasteiger partial charge is 0.340 e. The minimum Gasteiger partial charge on any atom is -0.465 e. The van der Waals surface area contributed by atoms with Crippen molar-refractivity contribution in [3.05, 3.63) is 36.0 Å². The molecule has 1 aromatic carbocycles. The molecule has 6 heteroatoms. The van der Waals surface area contributed by atoms with Gasteiger partial charge in [0.15, 0.2) is 17.2 Å². The first-order valence-corrected chi connectivity index (χ1v) is 5.51. The molecule has 2 heterocycles. The molecule has 1 aliphatic rings. The van der Waals surface area contributed by atoms with Crippen molar-refractivity contribution in [3.8, 4) is 23.1 Å². The summed E-state index contributed by atoms with van der Waals surface area (Å²) in [5, 5.41) is 0. The number of carbonyl (C=O) groups excluding carboxylic acids is 1. The van der Waals surface area contributed by atoms with E-state index in [9.17, 15) is 4.79 Å². The van der Waals surface area contributed by atoms with Gasteiger partial charge in [-0.05, 0) is 12.1 Å². The summed E-state index contributed by atoms with van der Waals surface area (Å²) >= 11 is 0. The lowest BCUT2D eigenvalue weighted by Crippen LogP contribution is -2.08. The van der Waals surface area contributed by atoms with Gasteiger partial charge < -0.3 is 19.9 Å². The van der Waals surface area contributed by atoms with E-state index >= 15 is 0 Å². The highest BCUT2D eigenvalue weighted by Gasteiger charge is 2.23. The highest BCUT2D eigenvalue weighted by molar-refractivity contribution is 5.96. The number of methoxy groups -OCH3 is 1. The van der Waals surface area contributed by atoms with Crippen molar-refractivity contribution in [1.29, 1.82) is 0 Å². The van der Waals surface area contributed by atoms with Crippen molar-refractivity contribution in [1.82, 2.24) is 4.98 Å². The second-order valence-electron chi connectivity index (χ2n) is 3.89. The predicted octanol–water partition coefficient (Wildman–Crippen LogP) is 2.35. The highest BCUT2D eigenvalue weighted by atomic mass is 16.6. The van der Waals surface area contributed by atoms with Crippen molar-refractivity contribution >= 4 is 11.7 Å². The first-order valence-electron chi connectivity index (χ1n) is 5.51. The van der Waals surface area contributed by atoms with Gasteiger partial charge in [-0.2, -0.15) is 0 Å². The number of nitrogens with zero attached hydrogens (tertiary/aromatic N) is 1. The normalized spacial score (nSPS) is 11.6. The molecule has 96 valence electrons. The van der Waals surface area contributed by atoms with E-state index in [1.54, 1.807) is 18.3 Å². The molecular formula is C13H10N2O4. The van der Waals surface area contributed by atoms with Crippen LogP contribution in [0.5, 0.6) is 23.1 Å². The molecule has 1 aromatic heterocycles. The van der Waals surface area contributed by atoms with Crippen LogP contribution in [0.3, 0.4) is 0 Å². The number of rotatable bonds is 1. The minimum atomic E-state index is -0.532. The van der Waals surface area contributed by atoms with Gasteiger partial charge in [0, 0.05) is 18.3 Å². The average molecular weight is 258 g/mol. The summed E-state index contributed by atoms with van der Waals surface area (Å²) in [6.07, 6.45) is 1.59. The third-order valence-electron chi connectivity index (χ3n) is 2.68. The number of aromatic nitrogens is 1. The Morgan fingerprint density at radius 1 is 1.26 bits per heavy atom. The van der Waals surface area contributed by atoms with Crippen molar-refractivity contribution in [3.63, 3.8) is 0 Å². The molecule has 3 rings (SSSR count). The van der Waals surface area contributed by atoms with Crippen molar-refractivity contribution in [2.75, 3.05) is 12.8 Å². The maximum absolute atomic E-state index is 11.6. The van der Waals surface area contributed by atoms with E-state index in [0.29, 0.717) is 23.1 Å². The maximum Gasteiger partial charge on any atom is 0.340 e. The number of esters is 1. The summed E-state index contributed by atoms with van der Waals surface area (Å²) in [5.74, 6) is 1.12. The van der Waals surface area contributed by atoms with Crippen LogP contribution < -0.4 is 15.2 Å². The fraction of sp³-hybridized carbons (Fsp3) is 0.0769. The van der Waals surface area contributed by atoms with Gasteiger partial charge in [0.2, 0.25) is 0 Å². The number of ether oxygens (including phenoxy) is 3. The van der Waals surface area contributed by atoms with Crippen molar-refractivity contribution in [2.24, 2.45) is 0 Å². The molecule has 0 spiro atoms. The summed E-state index contributed by atoms with van der Waals surface area (Å²) in [4.78, 5) is 15.6. The van der Waals surface area contributed by atoms with Crippen LogP contribution in [0.15, 0.2) is 30.5 Å². The summed E-state index contributed by atoms with van der Waals surface area (Å²) in [6.45, 7) is 0. The van der Waals surface area contributed by atoms with Crippen LogP contribution in [-0.4, -0.2) is 18.1 Å². The first kappa shape index (κ1) is 11.3. The molecule has 19 heavy (non-hydrogen) atoms. The number of anilines is 1. The maximum atomic E-state index is 11.6. The third-order valence-corrected chi connectivity index (χ3v) is 2.68. The van der Waals surface area contributed by atoms with Crippen LogP contribution in [-0.2, 0) is 4.74 Å². The van der Waals surface area contributed by atoms with Gasteiger partial charge in [-0.1, -0.05) is 0 Å². The number of pyridine rings is 1. The standard InChI is InChI=1S/C13H10N2O4/c1-17-13(16)7-5-10-11(6-8(7)14)18-9-3-2-4-15-12(9)19-10/h2-6H,14H2,1H3. The van der Waals surface area contributed by atoms with E-state index in [1.165, 1.54) is 19.2 Å². The molecule has 0 amide bonds. The molecule has 2 aromatic rings. The highest BCUT2D eigenvalue weighted by Crippen LogP contribution is 2.45. The van der Waals surface area contributed by atoms with Gasteiger partial charge in [-0.15, -0.1) is 0 Å². The van der Waals surface area contributed by atoms with Gasteiger partial charge in [-0.25, -0.2) is 9.78 Å². The van der Waals surface area contributed by atoms with Crippen LogP contribution in [0.4, 0.5) is 5.69 Å². The fourth-order valence-electron chi connectivity index (χ4n) is 1.77. The Bertz CT molecular complexity index is 670. The van der Waals surface area contributed by atoms with Crippen LogP contribution in [0.25, 0.3) is 0 Å². The number of nitrogen functional groups attached to an aromatic ring is 1. The minimum absolute atomic E-state index is 0.226. The zero-order valence-corrected chi connectivity index (χ0v) is 10.0. The van der Waals surface area contributed by atoms with Crippen LogP contribution >= 0.6 is 0 Å². The molecule has 6 nitrogen and oxygen atoms in total. The Hall–Kier alpha value is -2.76. The zero-order chi connectivity index (χ0) is 13.4. The van der Waals surface area contributed by atoms with Crippen LogP contribution in [0.2, 0.25) is 0 Å². The Kier molecular flexibility index (Phi) is 2.49. The average Bonchev–Trinajstić information content (AvgIpc) is 2.43. The molecule has 0 saturated heterocycles. The van der Waals surface area contributed by atoms with E-state index in [1.807, 2.05) is 0 Å². The second kappa shape index (κ2) is 4.16. The van der Waals surface area contributed by atoms with Gasteiger partial charge in [0.1, 0.15) is 0 Å². The zero-order valence-electron chi connectivity index (χ0n) is 10.0. The fourth-order valence-corrected chi connectivity index (χ4v) is 1.77. The second-order valence-corrected chi connectivity index (χ2v) is 3.89. The SMILES string of the molecule is COC(=O)c1cc2c(cc1N)Oc1cccnc1O2. The van der Waals surface area contributed by atoms with E-state index in [-0.39, 0.29) is 11.3 Å². The van der Waals surface area contributed by atoms with Crippen LogP contribution in [0.1, 0.15) is 10.4 Å². The molecular weight excluding hydrogens is 248 g/mol. The van der Waals surface area contributed by atoms with E-state index in [0.717, 1.165) is 0 Å².